The Balaban J connectivity index is 1.29. The second kappa shape index (κ2) is 21.3. The maximum Gasteiger partial charge on any atom is 0.214 e. The lowest BCUT2D eigenvalue weighted by Crippen LogP contribution is -2.40. The fourth-order valence-corrected chi connectivity index (χ4v) is 7.56. The minimum absolute atomic E-state index is 0.108. The number of hydrogen-bond donors (Lipinski definition) is 2. The van der Waals surface area contributed by atoms with E-state index in [1.807, 2.05) is 50.3 Å². The van der Waals surface area contributed by atoms with Crippen LogP contribution in [0, 0.1) is 10.8 Å². The van der Waals surface area contributed by atoms with E-state index in [1.54, 1.807) is 26.6 Å². The summed E-state index contributed by atoms with van der Waals surface area (Å²) in [5.74, 6) is 1.24. The van der Waals surface area contributed by atoms with Gasteiger partial charge in [0.2, 0.25) is 11.8 Å². The molecule has 8 heteroatoms. The Kier molecular flexibility index (Phi) is 16.6. The van der Waals surface area contributed by atoms with Gasteiger partial charge in [-0.1, -0.05) is 135 Å². The van der Waals surface area contributed by atoms with Crippen LogP contribution in [0.2, 0.25) is 0 Å². The lowest BCUT2D eigenvalue weighted by molar-refractivity contribution is -0.118. The Bertz CT molecular complexity index is 2090. The number of anilines is 2. The third kappa shape index (κ3) is 13.2. The van der Waals surface area contributed by atoms with E-state index in [2.05, 4.69) is 149 Å². The molecule has 2 N–H and O–H groups in total. The molecule has 2 heterocycles. The number of ketones is 2. The molecule has 2 atom stereocenters. The highest BCUT2D eigenvalue weighted by Gasteiger charge is 2.39. The molecule has 0 fully saturated rings. The van der Waals surface area contributed by atoms with Gasteiger partial charge in [-0.25, -0.2) is 9.97 Å². The molecule has 0 spiro atoms. The number of Topliss-reactive ketones (excluding diaryl/α,β-unsaturated/α-hetero) is 2. The first kappa shape index (κ1) is 46.7. The van der Waals surface area contributed by atoms with Crippen LogP contribution in [0.15, 0.2) is 166 Å². The van der Waals surface area contributed by atoms with Gasteiger partial charge in [-0.3, -0.25) is 9.59 Å². The first-order valence-corrected chi connectivity index (χ1v) is 20.6. The molecule has 0 saturated heterocycles. The zero-order chi connectivity index (χ0) is 44.0. The Morgan fingerprint density at radius 3 is 1.32 bits per heavy atom. The third-order valence-corrected chi connectivity index (χ3v) is 10.9. The zero-order valence-electron chi connectivity index (χ0n) is 37.6. The van der Waals surface area contributed by atoms with Gasteiger partial charge < -0.3 is 20.1 Å². The average Bonchev–Trinajstić information content (AvgIpc) is 3.20. The highest BCUT2D eigenvalue weighted by Crippen LogP contribution is 2.42. The van der Waals surface area contributed by atoms with Gasteiger partial charge in [-0.2, -0.15) is 0 Å². The van der Waals surface area contributed by atoms with Gasteiger partial charge in [-0.15, -0.1) is 0 Å². The van der Waals surface area contributed by atoms with E-state index in [9.17, 15) is 9.59 Å². The molecule has 2 aliphatic carbocycles. The zero-order valence-corrected chi connectivity index (χ0v) is 37.6. The van der Waals surface area contributed by atoms with Gasteiger partial charge in [0, 0.05) is 35.9 Å². The molecule has 2 aromatic heterocycles. The smallest absolute Gasteiger partial charge is 0.214 e. The molecule has 316 valence electrons. The van der Waals surface area contributed by atoms with E-state index in [0.29, 0.717) is 24.6 Å². The summed E-state index contributed by atoms with van der Waals surface area (Å²) in [6.45, 7) is 20.9. The number of carbonyl (C=O) groups excluding carboxylic acids is 2. The van der Waals surface area contributed by atoms with Crippen molar-refractivity contribution >= 4 is 22.9 Å². The van der Waals surface area contributed by atoms with Crippen LogP contribution in [-0.2, 0) is 9.59 Å². The molecule has 0 radical (unpaired) electrons. The monoisotopic (exact) mass is 808 g/mol. The topological polar surface area (TPSA) is 102 Å². The van der Waals surface area contributed by atoms with Crippen molar-refractivity contribution in [3.8, 4) is 11.8 Å². The van der Waals surface area contributed by atoms with Gasteiger partial charge in [-0.05, 0) is 99.6 Å². The first-order valence-electron chi connectivity index (χ1n) is 20.6. The van der Waals surface area contributed by atoms with Gasteiger partial charge in [0.15, 0.2) is 11.6 Å². The van der Waals surface area contributed by atoms with Crippen LogP contribution in [0.25, 0.3) is 0 Å². The van der Waals surface area contributed by atoms with E-state index in [0.717, 1.165) is 56.0 Å². The van der Waals surface area contributed by atoms with Crippen molar-refractivity contribution in [3.05, 3.63) is 166 Å². The maximum atomic E-state index is 13.4. The SMILES string of the molecule is COc1cc(NC2CC(C)(C)C(C=CC(C)=CC=CC(C)=CC=CC=C(C)C=CC=C(C)C=CC3=C(C)C(=O)C(Nc4ccnc(OC)c4)CC3(C)C)=C(C)C2=O)ccn1. The fourth-order valence-electron chi connectivity index (χ4n) is 7.56. The van der Waals surface area contributed by atoms with Crippen molar-refractivity contribution in [1.29, 1.82) is 0 Å². The Hall–Kier alpha value is -6.02. The molecule has 0 amide bonds. The van der Waals surface area contributed by atoms with E-state index < -0.39 is 0 Å². The normalized spacial score (nSPS) is 20.8. The van der Waals surface area contributed by atoms with Crippen LogP contribution in [-0.4, -0.2) is 47.8 Å². The summed E-state index contributed by atoms with van der Waals surface area (Å²) in [5.41, 5.74) is 9.41. The van der Waals surface area contributed by atoms with Crippen molar-refractivity contribution < 1.29 is 19.1 Å². The quantitative estimate of drug-likeness (QED) is 0.162. The number of methoxy groups -OCH3 is 2. The number of aromatic nitrogens is 2. The molecule has 0 bridgehead atoms. The summed E-state index contributed by atoms with van der Waals surface area (Å²) >= 11 is 0. The molecule has 2 aromatic rings. The molecule has 2 unspecified atom stereocenters. The lowest BCUT2D eigenvalue weighted by atomic mass is 9.70. The minimum atomic E-state index is -0.315. The number of ether oxygens (including phenoxy) is 2. The number of carbonyl (C=O) groups is 2. The van der Waals surface area contributed by atoms with Crippen LogP contribution in [0.4, 0.5) is 11.4 Å². The summed E-state index contributed by atoms with van der Waals surface area (Å²) in [4.78, 5) is 35.1. The first-order chi connectivity index (χ1) is 28.4. The van der Waals surface area contributed by atoms with Crippen LogP contribution in [0.3, 0.4) is 0 Å². The summed E-state index contributed by atoms with van der Waals surface area (Å²) in [6, 6.07) is 6.69. The third-order valence-electron chi connectivity index (χ3n) is 10.9. The van der Waals surface area contributed by atoms with Gasteiger partial charge in [0.05, 0.1) is 26.3 Å². The predicted molar refractivity (Wildman–Crippen MR) is 249 cm³/mol. The summed E-state index contributed by atoms with van der Waals surface area (Å²) in [7, 11) is 3.16. The molecule has 0 saturated carbocycles. The number of rotatable bonds is 16. The molecular weight excluding hydrogens is 745 g/mol. The van der Waals surface area contributed by atoms with Crippen molar-refractivity contribution in [2.24, 2.45) is 10.8 Å². The molecule has 4 rings (SSSR count). The number of nitrogens with one attached hydrogen (secondary N) is 2. The van der Waals surface area contributed by atoms with E-state index in [4.69, 9.17) is 9.47 Å². The Morgan fingerprint density at radius 2 is 0.950 bits per heavy atom. The summed E-state index contributed by atoms with van der Waals surface area (Å²) < 4.78 is 10.5. The van der Waals surface area contributed by atoms with E-state index in [1.165, 1.54) is 0 Å². The van der Waals surface area contributed by atoms with Gasteiger partial charge in [0.25, 0.3) is 0 Å². The fraction of sp³-hybridized carbons (Fsp3) is 0.346. The van der Waals surface area contributed by atoms with Crippen LogP contribution in [0.5, 0.6) is 11.8 Å². The van der Waals surface area contributed by atoms with Crippen molar-refractivity contribution in [2.45, 2.75) is 94.2 Å². The average molecular weight is 809 g/mol. The minimum Gasteiger partial charge on any atom is -0.481 e. The highest BCUT2D eigenvalue weighted by atomic mass is 16.5. The molecule has 0 aromatic carbocycles. The van der Waals surface area contributed by atoms with E-state index in [-0.39, 0.29) is 34.5 Å². The molecule has 2 aliphatic rings. The van der Waals surface area contributed by atoms with Crippen molar-refractivity contribution in [2.75, 3.05) is 24.9 Å². The number of allylic oxidation sites excluding steroid dienone is 20. The Labute approximate surface area is 358 Å². The van der Waals surface area contributed by atoms with E-state index >= 15 is 0 Å². The van der Waals surface area contributed by atoms with Gasteiger partial charge in [0.1, 0.15) is 0 Å². The standard InChI is InChI=1S/C52H64N4O4/c1-35(19-15-21-37(3)23-25-43-39(5)49(57)45(33-51(43,7)8)55-41-27-29-53-47(31-41)59-11)17-13-14-18-36(2)20-16-22-38(4)24-26-44-40(6)50(58)46(34-52(44,9)10)56-42-28-30-54-48(32-42)60-12/h13-32,45-46H,33-34H2,1-12H3,(H,53,55)(H,54,56). The number of pyridine rings is 2. The second-order valence-electron chi connectivity index (χ2n) is 17.0. The van der Waals surface area contributed by atoms with Crippen molar-refractivity contribution in [3.63, 3.8) is 0 Å². The van der Waals surface area contributed by atoms with Crippen LogP contribution in [0.1, 0.15) is 82.1 Å². The van der Waals surface area contributed by atoms with Crippen LogP contribution >= 0.6 is 0 Å². The Morgan fingerprint density at radius 1 is 0.600 bits per heavy atom. The summed E-state index contributed by atoms with van der Waals surface area (Å²) in [5, 5.41) is 6.78. The lowest BCUT2D eigenvalue weighted by Gasteiger charge is -2.37. The molecule has 0 aliphatic heterocycles. The number of nitrogens with zero attached hydrogens (tertiary/aromatic N) is 2. The maximum absolute atomic E-state index is 13.4. The summed E-state index contributed by atoms with van der Waals surface area (Å²) in [6.07, 6.45) is 33.7. The molecule has 8 nitrogen and oxygen atoms in total. The van der Waals surface area contributed by atoms with Crippen molar-refractivity contribution in [1.82, 2.24) is 9.97 Å². The van der Waals surface area contributed by atoms with Gasteiger partial charge >= 0.3 is 0 Å². The largest absolute Gasteiger partial charge is 0.481 e. The predicted octanol–water partition coefficient (Wildman–Crippen LogP) is 12.0. The number of hydrogen-bond acceptors (Lipinski definition) is 8. The second-order valence-corrected chi connectivity index (χ2v) is 17.0. The molecular formula is C52H64N4O4. The highest BCUT2D eigenvalue weighted by molar-refractivity contribution is 6.03. The van der Waals surface area contributed by atoms with Crippen LogP contribution < -0.4 is 20.1 Å². The molecule has 60 heavy (non-hydrogen) atoms.